The third-order valence-corrected chi connectivity index (χ3v) is 3.79. The van der Waals surface area contributed by atoms with Crippen LogP contribution >= 0.6 is 24.0 Å². The Morgan fingerprint density at radius 3 is 2.63 bits per heavy atom. The zero-order chi connectivity index (χ0) is 19.0. The highest BCUT2D eigenvalue weighted by Gasteiger charge is 2.26. The summed E-state index contributed by atoms with van der Waals surface area (Å²) in [7, 11) is 1.89. The second-order valence-corrected chi connectivity index (χ2v) is 6.15. The smallest absolute Gasteiger partial charge is 0.193 e. The fourth-order valence-electron chi connectivity index (χ4n) is 2.30. The molecular formula is C19H27FIN3O3. The van der Waals surface area contributed by atoms with Crippen LogP contribution in [0.25, 0.3) is 0 Å². The predicted molar refractivity (Wildman–Crippen MR) is 114 cm³/mol. The standard InChI is InChI=1S/C19H26FN3O3.HI/c1-4-21-18(22-14-19(2,24)17-6-5-12-26-17)23(3)11-13-25-16-9-7-15(20)8-10-16;/h5-10,12,24H,4,11,13-14H2,1-3H3,(H,21,22);1H. The maximum Gasteiger partial charge on any atom is 0.193 e. The lowest BCUT2D eigenvalue weighted by molar-refractivity contribution is 0.0435. The minimum absolute atomic E-state index is 0. The van der Waals surface area contributed by atoms with Crippen molar-refractivity contribution in [2.75, 3.05) is 33.3 Å². The van der Waals surface area contributed by atoms with E-state index < -0.39 is 5.60 Å². The number of aliphatic hydroxyl groups is 1. The Morgan fingerprint density at radius 1 is 1.33 bits per heavy atom. The summed E-state index contributed by atoms with van der Waals surface area (Å²) < 4.78 is 23.8. The Hall–Kier alpha value is -1.81. The molecule has 2 N–H and O–H groups in total. The number of hydrogen-bond donors (Lipinski definition) is 2. The first-order valence-electron chi connectivity index (χ1n) is 8.56. The molecule has 0 bridgehead atoms. The number of furan rings is 1. The number of ether oxygens (including phenoxy) is 1. The van der Waals surface area contributed by atoms with E-state index in [2.05, 4.69) is 10.3 Å². The van der Waals surface area contributed by atoms with Crippen LogP contribution in [0.4, 0.5) is 4.39 Å². The van der Waals surface area contributed by atoms with Crippen LogP contribution < -0.4 is 10.1 Å². The molecule has 0 fully saturated rings. The van der Waals surface area contributed by atoms with E-state index in [9.17, 15) is 9.50 Å². The van der Waals surface area contributed by atoms with Gasteiger partial charge in [0.1, 0.15) is 29.5 Å². The SMILES string of the molecule is CCNC(=NCC(C)(O)c1ccco1)N(C)CCOc1ccc(F)cc1.I. The molecule has 0 saturated heterocycles. The largest absolute Gasteiger partial charge is 0.492 e. The number of hydrogen-bond acceptors (Lipinski definition) is 4. The molecule has 1 heterocycles. The van der Waals surface area contributed by atoms with Crippen LogP contribution in [0.2, 0.25) is 0 Å². The van der Waals surface area contributed by atoms with Gasteiger partial charge in [-0.2, -0.15) is 0 Å². The van der Waals surface area contributed by atoms with Gasteiger partial charge in [-0.3, -0.25) is 0 Å². The summed E-state index contributed by atoms with van der Waals surface area (Å²) in [6, 6.07) is 9.37. The average molecular weight is 491 g/mol. The normalized spacial score (nSPS) is 13.4. The summed E-state index contributed by atoms with van der Waals surface area (Å²) >= 11 is 0. The second-order valence-electron chi connectivity index (χ2n) is 6.15. The van der Waals surface area contributed by atoms with Crippen molar-refractivity contribution in [3.63, 3.8) is 0 Å². The van der Waals surface area contributed by atoms with Gasteiger partial charge in [0, 0.05) is 13.6 Å². The highest BCUT2D eigenvalue weighted by molar-refractivity contribution is 14.0. The number of rotatable bonds is 8. The number of benzene rings is 1. The predicted octanol–water partition coefficient (Wildman–Crippen LogP) is 3.22. The third kappa shape index (κ3) is 7.37. The van der Waals surface area contributed by atoms with Gasteiger partial charge in [-0.05, 0) is 50.2 Å². The lowest BCUT2D eigenvalue weighted by Gasteiger charge is -2.24. The number of halogens is 2. The first-order chi connectivity index (χ1) is 12.4. The topological polar surface area (TPSA) is 70.2 Å². The fraction of sp³-hybridized carbons (Fsp3) is 0.421. The van der Waals surface area contributed by atoms with E-state index in [4.69, 9.17) is 9.15 Å². The number of likely N-dealkylation sites (N-methyl/N-ethyl adjacent to an activating group) is 1. The molecule has 1 atom stereocenters. The Morgan fingerprint density at radius 2 is 2.04 bits per heavy atom. The molecule has 0 aliphatic carbocycles. The minimum Gasteiger partial charge on any atom is -0.492 e. The highest BCUT2D eigenvalue weighted by atomic mass is 127. The molecular weight excluding hydrogens is 464 g/mol. The van der Waals surface area contributed by atoms with E-state index in [0.29, 0.717) is 37.2 Å². The molecule has 8 heteroatoms. The molecule has 27 heavy (non-hydrogen) atoms. The van der Waals surface area contributed by atoms with Gasteiger partial charge >= 0.3 is 0 Å². The summed E-state index contributed by atoms with van der Waals surface area (Å²) in [5, 5.41) is 13.7. The quantitative estimate of drug-likeness (QED) is 0.337. The van der Waals surface area contributed by atoms with Crippen LogP contribution in [-0.2, 0) is 5.60 Å². The summed E-state index contributed by atoms with van der Waals surface area (Å²) in [6.45, 7) is 5.49. The molecule has 6 nitrogen and oxygen atoms in total. The number of guanidine groups is 1. The maximum atomic E-state index is 12.9. The lowest BCUT2D eigenvalue weighted by Crippen LogP contribution is -2.42. The molecule has 1 unspecified atom stereocenters. The van der Waals surface area contributed by atoms with E-state index in [1.807, 2.05) is 18.9 Å². The molecule has 150 valence electrons. The van der Waals surface area contributed by atoms with Gasteiger partial charge in [-0.1, -0.05) is 0 Å². The molecule has 0 saturated carbocycles. The van der Waals surface area contributed by atoms with Crippen LogP contribution in [0.5, 0.6) is 5.75 Å². The van der Waals surface area contributed by atoms with Crippen LogP contribution in [0.15, 0.2) is 52.1 Å². The summed E-state index contributed by atoms with van der Waals surface area (Å²) in [5.74, 6) is 1.45. The summed E-state index contributed by atoms with van der Waals surface area (Å²) in [5.41, 5.74) is -1.18. The Balaban J connectivity index is 0.00000364. The molecule has 0 aliphatic rings. The molecule has 2 aromatic rings. The van der Waals surface area contributed by atoms with E-state index in [1.54, 1.807) is 31.2 Å². The number of nitrogens with zero attached hydrogens (tertiary/aromatic N) is 2. The van der Waals surface area contributed by atoms with Gasteiger partial charge in [-0.15, -0.1) is 24.0 Å². The van der Waals surface area contributed by atoms with Crippen molar-refractivity contribution in [1.29, 1.82) is 0 Å². The first kappa shape index (κ1) is 23.2. The summed E-state index contributed by atoms with van der Waals surface area (Å²) in [4.78, 5) is 6.40. The van der Waals surface area contributed by atoms with Crippen molar-refractivity contribution in [1.82, 2.24) is 10.2 Å². The van der Waals surface area contributed by atoms with Crippen molar-refractivity contribution < 1.29 is 18.7 Å². The van der Waals surface area contributed by atoms with E-state index in [0.717, 1.165) is 0 Å². The Kier molecular flexibility index (Phi) is 9.57. The van der Waals surface area contributed by atoms with Crippen molar-refractivity contribution in [3.05, 3.63) is 54.2 Å². The van der Waals surface area contributed by atoms with Crippen LogP contribution in [0.1, 0.15) is 19.6 Å². The van der Waals surface area contributed by atoms with Crippen molar-refractivity contribution in [2.24, 2.45) is 4.99 Å². The van der Waals surface area contributed by atoms with Crippen LogP contribution in [-0.4, -0.2) is 49.3 Å². The summed E-state index contributed by atoms with van der Waals surface area (Å²) in [6.07, 6.45) is 1.53. The van der Waals surface area contributed by atoms with Crippen molar-refractivity contribution in [2.45, 2.75) is 19.4 Å². The molecule has 0 aliphatic heterocycles. The fourth-order valence-corrected chi connectivity index (χ4v) is 2.30. The maximum absolute atomic E-state index is 12.9. The van der Waals surface area contributed by atoms with E-state index in [-0.39, 0.29) is 36.3 Å². The number of aliphatic imine (C=N–C) groups is 1. The molecule has 0 radical (unpaired) electrons. The van der Waals surface area contributed by atoms with Gasteiger partial charge in [0.15, 0.2) is 5.96 Å². The van der Waals surface area contributed by atoms with Crippen LogP contribution in [0, 0.1) is 5.82 Å². The van der Waals surface area contributed by atoms with Gasteiger partial charge in [0.2, 0.25) is 0 Å². The zero-order valence-corrected chi connectivity index (χ0v) is 18.1. The molecule has 1 aromatic carbocycles. The molecule has 2 rings (SSSR count). The molecule has 0 amide bonds. The lowest BCUT2D eigenvalue weighted by atomic mass is 10.0. The van der Waals surface area contributed by atoms with Crippen molar-refractivity contribution >= 4 is 29.9 Å². The zero-order valence-electron chi connectivity index (χ0n) is 15.8. The van der Waals surface area contributed by atoms with Gasteiger partial charge in [0.05, 0.1) is 19.4 Å². The second kappa shape index (κ2) is 11.1. The van der Waals surface area contributed by atoms with Crippen molar-refractivity contribution in [3.8, 4) is 5.75 Å². The minimum atomic E-state index is -1.18. The highest BCUT2D eigenvalue weighted by Crippen LogP contribution is 2.21. The average Bonchev–Trinajstić information content (AvgIpc) is 3.16. The van der Waals surface area contributed by atoms with E-state index >= 15 is 0 Å². The van der Waals surface area contributed by atoms with Gasteiger partial charge < -0.3 is 24.5 Å². The monoisotopic (exact) mass is 491 g/mol. The van der Waals surface area contributed by atoms with E-state index in [1.165, 1.54) is 18.4 Å². The Bertz CT molecular complexity index is 691. The first-order valence-corrected chi connectivity index (χ1v) is 8.56. The third-order valence-electron chi connectivity index (χ3n) is 3.79. The molecule has 1 aromatic heterocycles. The molecule has 0 spiro atoms. The van der Waals surface area contributed by atoms with Gasteiger partial charge in [0.25, 0.3) is 0 Å². The van der Waals surface area contributed by atoms with Gasteiger partial charge in [-0.25, -0.2) is 9.38 Å². The van der Waals surface area contributed by atoms with Crippen LogP contribution in [0.3, 0.4) is 0 Å². The Labute approximate surface area is 176 Å². The number of nitrogens with one attached hydrogen (secondary N) is 1.